The summed E-state index contributed by atoms with van der Waals surface area (Å²) in [6.07, 6.45) is 2.18. The van der Waals surface area contributed by atoms with E-state index < -0.39 is 0 Å². The van der Waals surface area contributed by atoms with E-state index in [1.54, 1.807) is 6.20 Å². The molecule has 2 atom stereocenters. The van der Waals surface area contributed by atoms with E-state index in [4.69, 9.17) is 0 Å². The van der Waals surface area contributed by atoms with E-state index in [1.165, 1.54) is 0 Å². The van der Waals surface area contributed by atoms with Crippen LogP contribution in [0.1, 0.15) is 27.2 Å². The average Bonchev–Trinajstić information content (AvgIpc) is 2.87. The zero-order valence-corrected chi connectivity index (χ0v) is 11.9. The van der Waals surface area contributed by atoms with Crippen LogP contribution in [0.5, 0.6) is 0 Å². The highest BCUT2D eigenvalue weighted by atomic mass is 16.3. The predicted octanol–water partition coefficient (Wildman–Crippen LogP) is 1.36. The molecule has 1 saturated carbocycles. The number of anilines is 2. The summed E-state index contributed by atoms with van der Waals surface area (Å²) < 4.78 is 0. The first-order valence-corrected chi connectivity index (χ1v) is 6.92. The minimum atomic E-state index is -0.269. The van der Waals surface area contributed by atoms with Crippen LogP contribution in [-0.4, -0.2) is 44.0 Å². The largest absolute Gasteiger partial charge is 0.392 e. The van der Waals surface area contributed by atoms with Gasteiger partial charge in [0.15, 0.2) is 5.65 Å². The zero-order valence-electron chi connectivity index (χ0n) is 11.9. The van der Waals surface area contributed by atoms with Gasteiger partial charge in [-0.1, -0.05) is 13.8 Å². The Bertz CT molecular complexity index is 622. The van der Waals surface area contributed by atoms with Crippen LogP contribution in [0.25, 0.3) is 11.0 Å². The summed E-state index contributed by atoms with van der Waals surface area (Å²) in [6, 6.07) is 0.194. The first-order chi connectivity index (χ1) is 9.52. The predicted molar refractivity (Wildman–Crippen MR) is 77.7 cm³/mol. The molecule has 0 radical (unpaired) electrons. The number of nitrogens with one attached hydrogen (secondary N) is 3. The Labute approximate surface area is 117 Å². The minimum Gasteiger partial charge on any atom is -0.392 e. The second-order valence-electron chi connectivity index (χ2n) is 5.83. The minimum absolute atomic E-state index is 0.153. The number of aliphatic hydroxyl groups is 1. The summed E-state index contributed by atoms with van der Waals surface area (Å²) in [5.74, 6) is 1.33. The quantitative estimate of drug-likeness (QED) is 0.673. The molecule has 4 N–H and O–H groups in total. The lowest BCUT2D eigenvalue weighted by atomic mass is 9.64. The van der Waals surface area contributed by atoms with Gasteiger partial charge in [0.1, 0.15) is 5.82 Å². The van der Waals surface area contributed by atoms with Gasteiger partial charge in [0, 0.05) is 18.0 Å². The van der Waals surface area contributed by atoms with Gasteiger partial charge in [-0.3, -0.25) is 5.10 Å². The van der Waals surface area contributed by atoms with Crippen LogP contribution >= 0.6 is 0 Å². The lowest BCUT2D eigenvalue weighted by Gasteiger charge is -2.49. The molecule has 2 heterocycles. The molecule has 2 unspecified atom stereocenters. The van der Waals surface area contributed by atoms with Gasteiger partial charge in [-0.2, -0.15) is 15.1 Å². The van der Waals surface area contributed by atoms with Crippen molar-refractivity contribution in [2.75, 3.05) is 17.2 Å². The third-order valence-corrected chi connectivity index (χ3v) is 4.17. The number of aliphatic hydroxyl groups excluding tert-OH is 1. The Balaban J connectivity index is 1.92. The first-order valence-electron chi connectivity index (χ1n) is 6.92. The number of H-pyrrole nitrogens is 1. The van der Waals surface area contributed by atoms with Crippen molar-refractivity contribution >= 4 is 22.8 Å². The van der Waals surface area contributed by atoms with Crippen molar-refractivity contribution in [3.8, 4) is 0 Å². The van der Waals surface area contributed by atoms with Crippen molar-refractivity contribution in [2.24, 2.45) is 5.41 Å². The van der Waals surface area contributed by atoms with E-state index >= 15 is 0 Å². The highest BCUT2D eigenvalue weighted by molar-refractivity contribution is 5.87. The Morgan fingerprint density at radius 1 is 1.45 bits per heavy atom. The van der Waals surface area contributed by atoms with Crippen molar-refractivity contribution in [1.82, 2.24) is 20.2 Å². The van der Waals surface area contributed by atoms with Crippen molar-refractivity contribution in [1.29, 1.82) is 0 Å². The lowest BCUT2D eigenvalue weighted by Crippen LogP contribution is -2.57. The average molecular weight is 276 g/mol. The van der Waals surface area contributed by atoms with Crippen LogP contribution in [-0.2, 0) is 0 Å². The number of aromatic amines is 1. The second kappa shape index (κ2) is 4.59. The fourth-order valence-corrected chi connectivity index (χ4v) is 2.49. The lowest BCUT2D eigenvalue weighted by molar-refractivity contribution is -0.0511. The summed E-state index contributed by atoms with van der Waals surface area (Å²) >= 11 is 0. The van der Waals surface area contributed by atoms with Gasteiger partial charge in [0.05, 0.1) is 17.7 Å². The van der Waals surface area contributed by atoms with Crippen LogP contribution in [0.2, 0.25) is 0 Å². The first kappa shape index (κ1) is 13.1. The molecule has 2 aromatic rings. The fourth-order valence-electron chi connectivity index (χ4n) is 2.49. The topological polar surface area (TPSA) is 98.8 Å². The molecular weight excluding hydrogens is 256 g/mol. The van der Waals surface area contributed by atoms with Gasteiger partial charge in [-0.25, -0.2) is 0 Å². The number of fused-ring (bicyclic) bond motifs is 1. The third kappa shape index (κ3) is 1.98. The van der Waals surface area contributed by atoms with Crippen LogP contribution in [0.4, 0.5) is 11.8 Å². The maximum atomic E-state index is 9.83. The third-order valence-electron chi connectivity index (χ3n) is 4.17. The van der Waals surface area contributed by atoms with E-state index in [-0.39, 0.29) is 17.6 Å². The highest BCUT2D eigenvalue weighted by Gasteiger charge is 2.47. The van der Waals surface area contributed by atoms with Crippen LogP contribution < -0.4 is 10.6 Å². The zero-order chi connectivity index (χ0) is 14.3. The maximum Gasteiger partial charge on any atom is 0.226 e. The molecule has 0 bridgehead atoms. The number of hydrogen-bond acceptors (Lipinski definition) is 6. The SMILES string of the molecule is CCNc1nc(NC2CC(O)C2(C)C)c2cn[nH]c2n1. The van der Waals surface area contributed by atoms with E-state index in [0.717, 1.165) is 24.2 Å². The molecule has 1 aliphatic carbocycles. The summed E-state index contributed by atoms with van der Waals surface area (Å²) in [4.78, 5) is 8.86. The number of hydrogen-bond donors (Lipinski definition) is 4. The van der Waals surface area contributed by atoms with Crippen LogP contribution in [0.15, 0.2) is 6.20 Å². The fraction of sp³-hybridized carbons (Fsp3) is 0.615. The highest BCUT2D eigenvalue weighted by Crippen LogP contribution is 2.42. The van der Waals surface area contributed by atoms with Crippen molar-refractivity contribution in [3.05, 3.63) is 6.20 Å². The molecule has 20 heavy (non-hydrogen) atoms. The molecule has 0 saturated heterocycles. The molecular formula is C13H20N6O. The Morgan fingerprint density at radius 2 is 2.25 bits per heavy atom. The standard InChI is InChI=1S/C13H20N6O/c1-4-14-12-17-10(7-6-15-19-11(7)18-12)16-8-5-9(20)13(8,2)3/h6,8-9,20H,4-5H2,1-3H3,(H3,14,15,16,17,18,19). The summed E-state index contributed by atoms with van der Waals surface area (Å²) in [5, 5.41) is 24.1. The van der Waals surface area contributed by atoms with Crippen LogP contribution in [0.3, 0.4) is 0 Å². The van der Waals surface area contributed by atoms with Gasteiger partial charge in [-0.15, -0.1) is 0 Å². The molecule has 0 aromatic carbocycles. The monoisotopic (exact) mass is 276 g/mol. The summed E-state index contributed by atoms with van der Waals surface area (Å²) in [5.41, 5.74) is 0.551. The van der Waals surface area contributed by atoms with E-state index in [2.05, 4.69) is 44.6 Å². The van der Waals surface area contributed by atoms with Gasteiger partial charge in [-0.05, 0) is 13.3 Å². The second-order valence-corrected chi connectivity index (χ2v) is 5.83. The van der Waals surface area contributed by atoms with Crippen molar-refractivity contribution < 1.29 is 5.11 Å². The summed E-state index contributed by atoms with van der Waals surface area (Å²) in [7, 11) is 0. The molecule has 0 spiro atoms. The van der Waals surface area contributed by atoms with Gasteiger partial charge in [0.25, 0.3) is 0 Å². The molecule has 1 aliphatic rings. The van der Waals surface area contributed by atoms with Crippen molar-refractivity contribution in [3.63, 3.8) is 0 Å². The number of nitrogens with zero attached hydrogens (tertiary/aromatic N) is 3. The number of rotatable bonds is 4. The maximum absolute atomic E-state index is 9.83. The molecule has 108 valence electrons. The van der Waals surface area contributed by atoms with Gasteiger partial charge < -0.3 is 15.7 Å². The molecule has 2 aromatic heterocycles. The normalized spacial score (nSPS) is 24.4. The number of aromatic nitrogens is 4. The van der Waals surface area contributed by atoms with E-state index in [1.807, 2.05) is 6.92 Å². The van der Waals surface area contributed by atoms with Gasteiger partial charge >= 0.3 is 0 Å². The Kier molecular flexibility index (Phi) is 3.01. The van der Waals surface area contributed by atoms with E-state index in [0.29, 0.717) is 11.6 Å². The molecule has 0 aliphatic heterocycles. The van der Waals surface area contributed by atoms with Crippen molar-refractivity contribution in [2.45, 2.75) is 39.3 Å². The summed E-state index contributed by atoms with van der Waals surface area (Å²) in [6.45, 7) is 6.86. The Hall–Kier alpha value is -1.89. The molecule has 3 rings (SSSR count). The van der Waals surface area contributed by atoms with E-state index in [9.17, 15) is 5.11 Å². The molecule has 7 nitrogen and oxygen atoms in total. The molecule has 1 fully saturated rings. The van der Waals surface area contributed by atoms with Crippen LogP contribution in [0, 0.1) is 5.41 Å². The molecule has 0 amide bonds. The smallest absolute Gasteiger partial charge is 0.226 e. The molecule has 7 heteroatoms. The van der Waals surface area contributed by atoms with Gasteiger partial charge in [0.2, 0.25) is 5.95 Å². The Morgan fingerprint density at radius 3 is 2.90 bits per heavy atom.